The lowest BCUT2D eigenvalue weighted by molar-refractivity contribution is -0.756. The van der Waals surface area contributed by atoms with Crippen LogP contribution in [0.5, 0.6) is 0 Å². The molecule has 0 aliphatic heterocycles. The van der Waals surface area contributed by atoms with Gasteiger partial charge in [-0.15, -0.1) is 10.1 Å². The number of carbonyl (C=O) groups excluding carboxylic acids is 1. The third-order valence-electron chi connectivity index (χ3n) is 2.09. The molecule has 1 N–H and O–H groups in total. The van der Waals surface area contributed by atoms with Gasteiger partial charge in [0.25, 0.3) is 5.09 Å². The monoisotopic (exact) mass is 285 g/mol. The van der Waals surface area contributed by atoms with Crippen molar-refractivity contribution in [3.05, 3.63) is 45.5 Å². The summed E-state index contributed by atoms with van der Waals surface area (Å²) in [6.45, 7) is -0.190. The molecule has 0 fully saturated rings. The molecule has 1 aromatic carbocycles. The van der Waals surface area contributed by atoms with E-state index in [0.29, 0.717) is 11.1 Å². The van der Waals surface area contributed by atoms with Crippen molar-refractivity contribution in [2.75, 3.05) is 12.4 Å². The molecule has 0 radical (unpaired) electrons. The molecule has 0 amide bonds. The second kappa shape index (κ2) is 7.37. The highest BCUT2D eigenvalue weighted by molar-refractivity contribution is 8.14. The van der Waals surface area contributed by atoms with E-state index in [1.807, 2.05) is 0 Å². The molecule has 0 aromatic heterocycles. The molecule has 0 heterocycles. The molecule has 1 rings (SSSR count). The van der Waals surface area contributed by atoms with Gasteiger partial charge >= 0.3 is 5.97 Å². The van der Waals surface area contributed by atoms with Gasteiger partial charge in [0.2, 0.25) is 5.12 Å². The summed E-state index contributed by atoms with van der Waals surface area (Å²) in [6, 6.07) is 6.37. The molecular weight excluding hydrogens is 274 g/mol. The van der Waals surface area contributed by atoms with Crippen molar-refractivity contribution >= 4 is 22.8 Å². The van der Waals surface area contributed by atoms with Crippen molar-refractivity contribution in [2.24, 2.45) is 0 Å². The number of carboxylic acids is 1. The minimum absolute atomic E-state index is 0.126. The van der Waals surface area contributed by atoms with Gasteiger partial charge in [0.15, 0.2) is 0 Å². The maximum Gasteiger partial charge on any atom is 0.307 e. The first-order valence-electron chi connectivity index (χ1n) is 5.25. The Morgan fingerprint density at radius 1 is 1.37 bits per heavy atom. The number of carbonyl (C=O) groups is 2. The number of hydrogen-bond acceptors (Lipinski definition) is 6. The van der Waals surface area contributed by atoms with Gasteiger partial charge in [0.1, 0.15) is 6.61 Å². The Kier molecular flexibility index (Phi) is 5.80. The Hall–Kier alpha value is -2.09. The van der Waals surface area contributed by atoms with Crippen LogP contribution in [0.3, 0.4) is 0 Å². The number of benzene rings is 1. The molecule has 0 saturated carbocycles. The molecule has 0 saturated heterocycles. The quantitative estimate of drug-likeness (QED) is 0.458. The zero-order chi connectivity index (χ0) is 14.3. The highest BCUT2D eigenvalue weighted by Gasteiger charge is 2.13. The summed E-state index contributed by atoms with van der Waals surface area (Å²) in [7, 11) is 0. The second-order valence-corrected chi connectivity index (χ2v) is 4.49. The number of aliphatic carboxylic acids is 1. The third-order valence-corrected chi connectivity index (χ3v) is 2.95. The highest BCUT2D eigenvalue weighted by atomic mass is 32.2. The Labute approximate surface area is 112 Å². The van der Waals surface area contributed by atoms with Gasteiger partial charge in [-0.25, -0.2) is 0 Å². The van der Waals surface area contributed by atoms with Gasteiger partial charge in [-0.1, -0.05) is 36.0 Å². The molecule has 0 spiro atoms. The van der Waals surface area contributed by atoms with Crippen LogP contribution in [-0.4, -0.2) is 33.6 Å². The van der Waals surface area contributed by atoms with Gasteiger partial charge in [0.05, 0.1) is 6.42 Å². The van der Waals surface area contributed by atoms with E-state index in [1.165, 1.54) is 6.07 Å². The lowest BCUT2D eigenvalue weighted by Crippen LogP contribution is -2.09. The molecule has 0 bridgehead atoms. The fraction of sp³-hybridized carbons (Fsp3) is 0.273. The normalized spacial score (nSPS) is 9.89. The van der Waals surface area contributed by atoms with Crippen LogP contribution in [0.2, 0.25) is 0 Å². The Bertz CT molecular complexity index is 490. The molecule has 1 aromatic rings. The average molecular weight is 285 g/mol. The predicted molar refractivity (Wildman–Crippen MR) is 67.5 cm³/mol. The van der Waals surface area contributed by atoms with E-state index in [4.69, 9.17) is 5.11 Å². The summed E-state index contributed by atoms with van der Waals surface area (Å²) >= 11 is 0.851. The lowest BCUT2D eigenvalue weighted by Gasteiger charge is -2.06. The summed E-state index contributed by atoms with van der Waals surface area (Å²) in [6.07, 6.45) is -0.242. The fourth-order valence-corrected chi connectivity index (χ4v) is 2.06. The fourth-order valence-electron chi connectivity index (χ4n) is 1.36. The van der Waals surface area contributed by atoms with Crippen LogP contribution in [0.4, 0.5) is 0 Å². The van der Waals surface area contributed by atoms with E-state index in [-0.39, 0.29) is 23.9 Å². The topological polar surface area (TPSA) is 107 Å². The van der Waals surface area contributed by atoms with Crippen LogP contribution in [0.25, 0.3) is 0 Å². The molecule has 102 valence electrons. The van der Waals surface area contributed by atoms with Crippen molar-refractivity contribution in [1.82, 2.24) is 0 Å². The first kappa shape index (κ1) is 15.0. The van der Waals surface area contributed by atoms with E-state index in [1.54, 1.807) is 18.2 Å². The maximum atomic E-state index is 11.8. The van der Waals surface area contributed by atoms with Crippen LogP contribution >= 0.6 is 11.8 Å². The number of thioether (sulfide) groups is 1. The standard InChI is InChI=1S/C11H11NO6S/c13-10(14)7-8-3-1-2-4-9(8)11(15)19-6-5-18-12(16)17/h1-4H,5-7H2,(H,13,14). The molecule has 0 atom stereocenters. The second-order valence-electron chi connectivity index (χ2n) is 3.42. The number of hydrogen-bond donors (Lipinski definition) is 1. The van der Waals surface area contributed by atoms with E-state index in [9.17, 15) is 19.7 Å². The lowest BCUT2D eigenvalue weighted by atomic mass is 10.1. The minimum Gasteiger partial charge on any atom is -0.481 e. The van der Waals surface area contributed by atoms with Crippen molar-refractivity contribution < 1.29 is 24.6 Å². The molecule has 0 aliphatic carbocycles. The van der Waals surface area contributed by atoms with Gasteiger partial charge in [-0.2, -0.15) is 0 Å². The van der Waals surface area contributed by atoms with Crippen molar-refractivity contribution in [1.29, 1.82) is 0 Å². The molecule has 0 aliphatic rings. The molecule has 0 unspecified atom stereocenters. The van der Waals surface area contributed by atoms with Gasteiger partial charge in [-0.05, 0) is 5.56 Å². The summed E-state index contributed by atoms with van der Waals surface area (Å²) in [4.78, 5) is 36.5. The zero-order valence-corrected chi connectivity index (χ0v) is 10.6. The largest absolute Gasteiger partial charge is 0.481 e. The SMILES string of the molecule is O=C(O)Cc1ccccc1C(=O)SCCO[N+](=O)[O-]. The van der Waals surface area contributed by atoms with E-state index in [2.05, 4.69) is 4.84 Å². The van der Waals surface area contributed by atoms with Gasteiger partial charge in [0, 0.05) is 11.3 Å². The molecule has 7 nitrogen and oxygen atoms in total. The smallest absolute Gasteiger partial charge is 0.307 e. The van der Waals surface area contributed by atoms with Crippen molar-refractivity contribution in [2.45, 2.75) is 6.42 Å². The summed E-state index contributed by atoms with van der Waals surface area (Å²) in [5.74, 6) is -0.900. The van der Waals surface area contributed by atoms with Gasteiger partial charge in [-0.3, -0.25) is 9.59 Å². The first-order valence-corrected chi connectivity index (χ1v) is 6.23. The van der Waals surface area contributed by atoms with Crippen LogP contribution in [0, 0.1) is 10.1 Å². The predicted octanol–water partition coefficient (Wildman–Crippen LogP) is 1.40. The first-order chi connectivity index (χ1) is 9.00. The van der Waals surface area contributed by atoms with Crippen LogP contribution in [0.15, 0.2) is 24.3 Å². The highest BCUT2D eigenvalue weighted by Crippen LogP contribution is 2.17. The van der Waals surface area contributed by atoms with Gasteiger partial charge < -0.3 is 9.94 Å². The van der Waals surface area contributed by atoms with Crippen LogP contribution < -0.4 is 0 Å². The van der Waals surface area contributed by atoms with Crippen LogP contribution in [-0.2, 0) is 16.1 Å². The molecule has 19 heavy (non-hydrogen) atoms. The Morgan fingerprint density at radius 2 is 2.05 bits per heavy atom. The number of nitrogens with zero attached hydrogens (tertiary/aromatic N) is 1. The average Bonchev–Trinajstić information content (AvgIpc) is 2.34. The minimum atomic E-state index is -1.03. The van der Waals surface area contributed by atoms with Crippen molar-refractivity contribution in [3.63, 3.8) is 0 Å². The third kappa shape index (κ3) is 5.38. The van der Waals surface area contributed by atoms with Crippen molar-refractivity contribution in [3.8, 4) is 0 Å². The van der Waals surface area contributed by atoms with Crippen LogP contribution in [0.1, 0.15) is 15.9 Å². The Balaban J connectivity index is 2.61. The molecular formula is C11H11NO6S. The summed E-state index contributed by atoms with van der Waals surface area (Å²) in [5.41, 5.74) is 0.721. The maximum absolute atomic E-state index is 11.8. The molecule has 8 heteroatoms. The Morgan fingerprint density at radius 3 is 2.68 bits per heavy atom. The van der Waals surface area contributed by atoms with E-state index < -0.39 is 11.1 Å². The summed E-state index contributed by atoms with van der Waals surface area (Å²) < 4.78 is 0. The number of rotatable bonds is 7. The van der Waals surface area contributed by atoms with E-state index >= 15 is 0 Å². The van der Waals surface area contributed by atoms with E-state index in [0.717, 1.165) is 11.8 Å². The summed E-state index contributed by atoms with van der Waals surface area (Å²) in [5, 5.41) is 17.4. The zero-order valence-electron chi connectivity index (χ0n) is 9.77. The number of carboxylic acid groups (broad SMARTS) is 1.